The van der Waals surface area contributed by atoms with E-state index in [4.69, 9.17) is 0 Å². The Bertz CT molecular complexity index is 1020. The minimum atomic E-state index is -0.565. The quantitative estimate of drug-likeness (QED) is 0.513. The maximum absolute atomic E-state index is 13.6. The lowest BCUT2D eigenvalue weighted by Gasteiger charge is -2.32. The molecule has 1 aliphatic rings. The van der Waals surface area contributed by atoms with Gasteiger partial charge >= 0.3 is 0 Å². The SMILES string of the molecule is O=C(NC1CCCC1)C(Cc1ccccc1)N(Cc1ccccc1)C(=O)Cc1ccccc1. The molecule has 1 unspecified atom stereocenters. The van der Waals surface area contributed by atoms with Gasteiger partial charge < -0.3 is 10.2 Å². The molecule has 0 aliphatic heterocycles. The fourth-order valence-electron chi connectivity index (χ4n) is 4.57. The van der Waals surface area contributed by atoms with Gasteiger partial charge in [-0.15, -0.1) is 0 Å². The van der Waals surface area contributed by atoms with Crippen molar-refractivity contribution in [3.63, 3.8) is 0 Å². The number of rotatable bonds is 9. The lowest BCUT2D eigenvalue weighted by atomic mass is 10.0. The van der Waals surface area contributed by atoms with Crippen LogP contribution in [0, 0.1) is 0 Å². The molecule has 1 fully saturated rings. The van der Waals surface area contributed by atoms with E-state index in [9.17, 15) is 9.59 Å². The molecule has 0 heterocycles. The second kappa shape index (κ2) is 11.5. The maximum atomic E-state index is 13.6. The van der Waals surface area contributed by atoms with E-state index in [0.717, 1.165) is 42.4 Å². The lowest BCUT2D eigenvalue weighted by Crippen LogP contribution is -2.52. The Labute approximate surface area is 196 Å². The van der Waals surface area contributed by atoms with E-state index < -0.39 is 6.04 Å². The molecule has 1 aliphatic carbocycles. The number of hydrogen-bond acceptors (Lipinski definition) is 2. The number of nitrogens with zero attached hydrogens (tertiary/aromatic N) is 1. The summed E-state index contributed by atoms with van der Waals surface area (Å²) in [5.41, 5.74) is 3.02. The molecular weight excluding hydrogens is 408 g/mol. The summed E-state index contributed by atoms with van der Waals surface area (Å²) >= 11 is 0. The fourth-order valence-corrected chi connectivity index (χ4v) is 4.57. The summed E-state index contributed by atoms with van der Waals surface area (Å²) in [5.74, 6) is -0.0874. The van der Waals surface area contributed by atoms with Crippen LogP contribution in [0.2, 0.25) is 0 Å². The third-order valence-electron chi connectivity index (χ3n) is 6.37. The van der Waals surface area contributed by atoms with E-state index in [1.807, 2.05) is 91.0 Å². The Balaban J connectivity index is 1.63. The first kappa shape index (κ1) is 22.8. The van der Waals surface area contributed by atoms with Crippen LogP contribution in [0.5, 0.6) is 0 Å². The number of hydrogen-bond donors (Lipinski definition) is 1. The summed E-state index contributed by atoms with van der Waals surface area (Å²) < 4.78 is 0. The zero-order valence-electron chi connectivity index (χ0n) is 19.0. The van der Waals surface area contributed by atoms with Gasteiger partial charge in [-0.2, -0.15) is 0 Å². The Morgan fingerprint density at radius 3 is 1.85 bits per heavy atom. The zero-order chi connectivity index (χ0) is 22.9. The fraction of sp³-hybridized carbons (Fsp3) is 0.310. The zero-order valence-corrected chi connectivity index (χ0v) is 19.0. The maximum Gasteiger partial charge on any atom is 0.243 e. The largest absolute Gasteiger partial charge is 0.352 e. The van der Waals surface area contributed by atoms with Crippen LogP contribution in [0.15, 0.2) is 91.0 Å². The molecule has 0 spiro atoms. The average Bonchev–Trinajstić information content (AvgIpc) is 3.36. The molecule has 4 nitrogen and oxygen atoms in total. The standard InChI is InChI=1S/C29H32N2O2/c32-28(21-24-14-6-2-7-15-24)31(22-25-16-8-3-9-17-25)27(20-23-12-4-1-5-13-23)29(33)30-26-18-10-11-19-26/h1-9,12-17,26-27H,10-11,18-22H2,(H,30,33). The van der Waals surface area contributed by atoms with Gasteiger partial charge in [0.2, 0.25) is 11.8 Å². The predicted octanol–water partition coefficient (Wildman–Crippen LogP) is 4.93. The Morgan fingerprint density at radius 1 is 0.758 bits per heavy atom. The van der Waals surface area contributed by atoms with Crippen LogP contribution in [-0.2, 0) is 29.0 Å². The van der Waals surface area contributed by atoms with E-state index in [-0.39, 0.29) is 24.3 Å². The van der Waals surface area contributed by atoms with Crippen molar-refractivity contribution in [2.75, 3.05) is 0 Å². The van der Waals surface area contributed by atoms with Gasteiger partial charge in [-0.25, -0.2) is 0 Å². The molecule has 4 heteroatoms. The highest BCUT2D eigenvalue weighted by molar-refractivity contribution is 5.89. The van der Waals surface area contributed by atoms with Gasteiger partial charge in [0.05, 0.1) is 6.42 Å². The first-order valence-corrected chi connectivity index (χ1v) is 11.9. The van der Waals surface area contributed by atoms with Gasteiger partial charge in [-0.1, -0.05) is 104 Å². The minimum absolute atomic E-state index is 0.0347. The Morgan fingerprint density at radius 2 is 1.27 bits per heavy atom. The van der Waals surface area contributed by atoms with Gasteiger partial charge in [0, 0.05) is 19.0 Å². The third-order valence-corrected chi connectivity index (χ3v) is 6.37. The molecule has 170 valence electrons. The summed E-state index contributed by atoms with van der Waals surface area (Å²) in [7, 11) is 0. The van der Waals surface area contributed by atoms with Crippen molar-refractivity contribution >= 4 is 11.8 Å². The first-order chi connectivity index (χ1) is 16.2. The Kier molecular flexibility index (Phi) is 7.91. The summed E-state index contributed by atoms with van der Waals surface area (Å²) in [4.78, 5) is 29.0. The van der Waals surface area contributed by atoms with Gasteiger partial charge in [0.1, 0.15) is 6.04 Å². The molecule has 0 bridgehead atoms. The van der Waals surface area contributed by atoms with E-state index in [1.165, 1.54) is 0 Å². The molecule has 0 saturated heterocycles. The monoisotopic (exact) mass is 440 g/mol. The Hall–Kier alpha value is -3.40. The number of carbonyl (C=O) groups excluding carboxylic acids is 2. The smallest absolute Gasteiger partial charge is 0.243 e. The molecule has 1 saturated carbocycles. The first-order valence-electron chi connectivity index (χ1n) is 11.9. The molecular formula is C29H32N2O2. The molecule has 33 heavy (non-hydrogen) atoms. The van der Waals surface area contributed by atoms with Crippen molar-refractivity contribution in [2.45, 2.75) is 57.2 Å². The second-order valence-electron chi connectivity index (χ2n) is 8.87. The molecule has 0 aromatic heterocycles. The van der Waals surface area contributed by atoms with Crippen molar-refractivity contribution in [3.8, 4) is 0 Å². The van der Waals surface area contributed by atoms with Crippen LogP contribution in [0.25, 0.3) is 0 Å². The molecule has 2 amide bonds. The van der Waals surface area contributed by atoms with Crippen LogP contribution < -0.4 is 5.32 Å². The topological polar surface area (TPSA) is 49.4 Å². The van der Waals surface area contributed by atoms with Crippen molar-refractivity contribution in [1.82, 2.24) is 10.2 Å². The van der Waals surface area contributed by atoms with E-state index >= 15 is 0 Å². The summed E-state index contributed by atoms with van der Waals surface area (Å²) in [6.45, 7) is 0.405. The van der Waals surface area contributed by atoms with Crippen molar-refractivity contribution in [2.24, 2.45) is 0 Å². The highest BCUT2D eigenvalue weighted by Crippen LogP contribution is 2.20. The van der Waals surface area contributed by atoms with Gasteiger partial charge in [0.25, 0.3) is 0 Å². The van der Waals surface area contributed by atoms with Crippen LogP contribution in [0.1, 0.15) is 42.4 Å². The number of amides is 2. The molecule has 1 N–H and O–H groups in total. The highest BCUT2D eigenvalue weighted by atomic mass is 16.2. The summed E-state index contributed by atoms with van der Waals surface area (Å²) in [6.07, 6.45) is 5.09. The van der Waals surface area contributed by atoms with Crippen LogP contribution >= 0.6 is 0 Å². The van der Waals surface area contributed by atoms with E-state index in [2.05, 4.69) is 5.32 Å². The summed E-state index contributed by atoms with van der Waals surface area (Å²) in [6, 6.07) is 29.3. The van der Waals surface area contributed by atoms with E-state index in [1.54, 1.807) is 4.90 Å². The number of nitrogens with one attached hydrogen (secondary N) is 1. The van der Waals surface area contributed by atoms with Crippen LogP contribution in [-0.4, -0.2) is 28.8 Å². The third kappa shape index (κ3) is 6.55. The van der Waals surface area contributed by atoms with Gasteiger partial charge in [-0.05, 0) is 29.5 Å². The van der Waals surface area contributed by atoms with Crippen molar-refractivity contribution in [1.29, 1.82) is 0 Å². The normalized spacial score (nSPS) is 14.5. The summed E-state index contributed by atoms with van der Waals surface area (Å²) in [5, 5.41) is 3.25. The van der Waals surface area contributed by atoms with Gasteiger partial charge in [-0.3, -0.25) is 9.59 Å². The van der Waals surface area contributed by atoms with Gasteiger partial charge in [0.15, 0.2) is 0 Å². The minimum Gasteiger partial charge on any atom is -0.352 e. The molecule has 4 rings (SSSR count). The van der Waals surface area contributed by atoms with Crippen molar-refractivity contribution in [3.05, 3.63) is 108 Å². The van der Waals surface area contributed by atoms with E-state index in [0.29, 0.717) is 13.0 Å². The predicted molar refractivity (Wildman–Crippen MR) is 131 cm³/mol. The molecule has 3 aromatic rings. The lowest BCUT2D eigenvalue weighted by molar-refractivity contribution is -0.141. The van der Waals surface area contributed by atoms with Crippen molar-refractivity contribution < 1.29 is 9.59 Å². The van der Waals surface area contributed by atoms with Crippen LogP contribution in [0.4, 0.5) is 0 Å². The van der Waals surface area contributed by atoms with Crippen LogP contribution in [0.3, 0.4) is 0 Å². The number of carbonyl (C=O) groups is 2. The molecule has 1 atom stereocenters. The average molecular weight is 441 g/mol. The second-order valence-corrected chi connectivity index (χ2v) is 8.87. The number of benzene rings is 3. The molecule has 3 aromatic carbocycles. The highest BCUT2D eigenvalue weighted by Gasteiger charge is 2.32. The molecule has 0 radical (unpaired) electrons.